The molecule has 2 aromatic rings. The fraction of sp³-hybridized carbons (Fsp3) is 0.308. The van der Waals surface area contributed by atoms with Gasteiger partial charge >= 0.3 is 0 Å². The second kappa shape index (κ2) is 5.62. The van der Waals surface area contributed by atoms with Crippen molar-refractivity contribution in [1.82, 2.24) is 15.0 Å². The van der Waals surface area contributed by atoms with Gasteiger partial charge in [0.2, 0.25) is 5.88 Å². The zero-order chi connectivity index (χ0) is 13.8. The van der Waals surface area contributed by atoms with Gasteiger partial charge in [0.15, 0.2) is 5.82 Å². The van der Waals surface area contributed by atoms with Crippen LogP contribution in [-0.4, -0.2) is 33.8 Å². The van der Waals surface area contributed by atoms with E-state index in [0.717, 1.165) is 0 Å². The number of aryl methyl sites for hydroxylation is 1. The van der Waals surface area contributed by atoms with Crippen LogP contribution in [0.3, 0.4) is 0 Å². The Labute approximate surface area is 110 Å². The van der Waals surface area contributed by atoms with E-state index < -0.39 is 0 Å². The predicted molar refractivity (Wildman–Crippen MR) is 70.2 cm³/mol. The van der Waals surface area contributed by atoms with Crippen LogP contribution in [0.2, 0.25) is 0 Å². The molecule has 2 N–H and O–H groups in total. The highest BCUT2D eigenvalue weighted by Gasteiger charge is 2.10. The summed E-state index contributed by atoms with van der Waals surface area (Å²) >= 11 is 0. The highest BCUT2D eigenvalue weighted by molar-refractivity contribution is 5.50. The maximum Gasteiger partial charge on any atom is 0.254 e. The lowest BCUT2D eigenvalue weighted by Gasteiger charge is -2.06. The van der Waals surface area contributed by atoms with Gasteiger partial charge in [0.05, 0.1) is 7.11 Å². The summed E-state index contributed by atoms with van der Waals surface area (Å²) in [6.07, 6.45) is 0.292. The van der Waals surface area contributed by atoms with E-state index >= 15 is 0 Å². The van der Waals surface area contributed by atoms with Gasteiger partial charge in [0.1, 0.15) is 5.69 Å². The summed E-state index contributed by atoms with van der Waals surface area (Å²) in [6, 6.07) is 5.23. The van der Waals surface area contributed by atoms with Crippen LogP contribution in [0.5, 0.6) is 5.88 Å². The fourth-order valence-corrected chi connectivity index (χ4v) is 1.80. The first-order valence-electron chi connectivity index (χ1n) is 5.87. The first-order chi connectivity index (χ1) is 9.15. The maximum absolute atomic E-state index is 11.9. The van der Waals surface area contributed by atoms with Crippen molar-refractivity contribution in [3.05, 3.63) is 39.8 Å². The van der Waals surface area contributed by atoms with E-state index in [4.69, 9.17) is 9.84 Å². The Bertz CT molecular complexity index is 637. The van der Waals surface area contributed by atoms with E-state index in [9.17, 15) is 4.79 Å². The average molecular weight is 261 g/mol. The standard InChI is InChI=1S/C13H15N3O3/c1-8-9(6-7-17)13(18)16-12(14-8)10-4-3-5-11(15-10)19-2/h3-5,17H,6-7H2,1-2H3,(H,14,16,18). The van der Waals surface area contributed by atoms with Gasteiger partial charge in [-0.1, -0.05) is 6.07 Å². The number of hydrogen-bond donors (Lipinski definition) is 2. The third-order valence-corrected chi connectivity index (χ3v) is 2.76. The van der Waals surface area contributed by atoms with Crippen molar-refractivity contribution in [2.75, 3.05) is 13.7 Å². The molecule has 0 amide bonds. The molecule has 0 aliphatic heterocycles. The molecule has 19 heavy (non-hydrogen) atoms. The van der Waals surface area contributed by atoms with Crippen LogP contribution in [0.1, 0.15) is 11.3 Å². The van der Waals surface area contributed by atoms with E-state index in [1.807, 2.05) is 0 Å². The molecule has 0 bridgehead atoms. The van der Waals surface area contributed by atoms with Crippen molar-refractivity contribution >= 4 is 0 Å². The van der Waals surface area contributed by atoms with Gasteiger partial charge in [0.25, 0.3) is 5.56 Å². The van der Waals surface area contributed by atoms with Crippen LogP contribution in [0.25, 0.3) is 11.5 Å². The van der Waals surface area contributed by atoms with Crippen LogP contribution in [0.15, 0.2) is 23.0 Å². The number of rotatable bonds is 4. The van der Waals surface area contributed by atoms with Gasteiger partial charge in [-0.3, -0.25) is 4.79 Å². The topological polar surface area (TPSA) is 88.1 Å². The second-order valence-electron chi connectivity index (χ2n) is 4.02. The molecule has 0 spiro atoms. The first-order valence-corrected chi connectivity index (χ1v) is 5.87. The average Bonchev–Trinajstić information content (AvgIpc) is 2.42. The third kappa shape index (κ3) is 2.79. The van der Waals surface area contributed by atoms with Crippen LogP contribution >= 0.6 is 0 Å². The minimum absolute atomic E-state index is 0.0810. The summed E-state index contributed by atoms with van der Waals surface area (Å²) in [4.78, 5) is 23.1. The van der Waals surface area contributed by atoms with Gasteiger partial charge in [-0.25, -0.2) is 9.97 Å². The number of aromatic nitrogens is 3. The number of aliphatic hydroxyl groups is 1. The molecule has 2 aromatic heterocycles. The quantitative estimate of drug-likeness (QED) is 0.845. The lowest BCUT2D eigenvalue weighted by atomic mass is 10.2. The molecule has 2 heterocycles. The normalized spacial score (nSPS) is 10.5. The lowest BCUT2D eigenvalue weighted by Crippen LogP contribution is -2.18. The van der Waals surface area contributed by atoms with E-state index in [2.05, 4.69) is 15.0 Å². The molecular weight excluding hydrogens is 246 g/mol. The molecule has 0 atom stereocenters. The zero-order valence-corrected chi connectivity index (χ0v) is 10.8. The van der Waals surface area contributed by atoms with Crippen LogP contribution in [0, 0.1) is 6.92 Å². The highest BCUT2D eigenvalue weighted by atomic mass is 16.5. The Balaban J connectivity index is 2.48. The summed E-state index contributed by atoms with van der Waals surface area (Å²) in [5.74, 6) is 0.848. The van der Waals surface area contributed by atoms with Crippen LogP contribution in [0.4, 0.5) is 0 Å². The molecule has 6 heteroatoms. The van der Waals surface area contributed by atoms with E-state index in [1.54, 1.807) is 25.1 Å². The Morgan fingerprint density at radius 3 is 2.79 bits per heavy atom. The smallest absolute Gasteiger partial charge is 0.254 e. The maximum atomic E-state index is 11.9. The Kier molecular flexibility index (Phi) is 3.91. The molecule has 0 unspecified atom stereocenters. The van der Waals surface area contributed by atoms with Crippen molar-refractivity contribution in [2.45, 2.75) is 13.3 Å². The van der Waals surface area contributed by atoms with Gasteiger partial charge in [-0.05, 0) is 13.0 Å². The van der Waals surface area contributed by atoms with Gasteiger partial charge in [-0.15, -0.1) is 0 Å². The fourth-order valence-electron chi connectivity index (χ4n) is 1.80. The van der Waals surface area contributed by atoms with Gasteiger partial charge in [-0.2, -0.15) is 0 Å². The number of ether oxygens (including phenoxy) is 1. The number of aliphatic hydroxyl groups excluding tert-OH is 1. The second-order valence-corrected chi connectivity index (χ2v) is 4.02. The molecule has 0 radical (unpaired) electrons. The van der Waals surface area contributed by atoms with E-state index in [1.165, 1.54) is 7.11 Å². The van der Waals surface area contributed by atoms with Gasteiger partial charge < -0.3 is 14.8 Å². The summed E-state index contributed by atoms with van der Waals surface area (Å²) < 4.78 is 5.04. The minimum Gasteiger partial charge on any atom is -0.481 e. The number of H-pyrrole nitrogens is 1. The first kappa shape index (κ1) is 13.2. The number of nitrogens with zero attached hydrogens (tertiary/aromatic N) is 2. The Morgan fingerprint density at radius 1 is 1.37 bits per heavy atom. The van der Waals surface area contributed by atoms with Crippen molar-refractivity contribution in [3.8, 4) is 17.4 Å². The number of pyridine rings is 1. The number of aromatic amines is 1. The Morgan fingerprint density at radius 2 is 2.16 bits per heavy atom. The molecule has 2 rings (SSSR count). The van der Waals surface area contributed by atoms with Crippen molar-refractivity contribution in [3.63, 3.8) is 0 Å². The molecule has 0 aliphatic rings. The summed E-state index contributed by atoms with van der Waals surface area (Å²) in [5, 5.41) is 8.91. The number of nitrogens with one attached hydrogen (secondary N) is 1. The molecule has 0 aromatic carbocycles. The predicted octanol–water partition coefficient (Wildman–Crippen LogP) is 0.684. The van der Waals surface area contributed by atoms with Crippen LogP contribution < -0.4 is 10.3 Å². The van der Waals surface area contributed by atoms with Crippen LogP contribution in [-0.2, 0) is 6.42 Å². The molecule has 0 fully saturated rings. The summed E-state index contributed by atoms with van der Waals surface area (Å²) in [6.45, 7) is 1.66. The van der Waals surface area contributed by atoms with Crippen molar-refractivity contribution in [1.29, 1.82) is 0 Å². The molecule has 0 aliphatic carbocycles. The molecule has 0 saturated carbocycles. The molecule has 6 nitrogen and oxygen atoms in total. The van der Waals surface area contributed by atoms with Gasteiger partial charge in [0, 0.05) is 30.4 Å². The lowest BCUT2D eigenvalue weighted by molar-refractivity contribution is 0.298. The molecule has 0 saturated heterocycles. The number of hydrogen-bond acceptors (Lipinski definition) is 5. The van der Waals surface area contributed by atoms with E-state index in [0.29, 0.717) is 35.1 Å². The summed E-state index contributed by atoms with van der Waals surface area (Å²) in [5.41, 5.74) is 1.38. The Hall–Kier alpha value is -2.21. The highest BCUT2D eigenvalue weighted by Crippen LogP contribution is 2.15. The molecular formula is C13H15N3O3. The zero-order valence-electron chi connectivity index (χ0n) is 10.8. The van der Waals surface area contributed by atoms with Crippen molar-refractivity contribution in [2.24, 2.45) is 0 Å². The largest absolute Gasteiger partial charge is 0.481 e. The summed E-state index contributed by atoms with van der Waals surface area (Å²) in [7, 11) is 1.53. The van der Waals surface area contributed by atoms with E-state index in [-0.39, 0.29) is 12.2 Å². The minimum atomic E-state index is -0.249. The van der Waals surface area contributed by atoms with Crippen molar-refractivity contribution < 1.29 is 9.84 Å². The third-order valence-electron chi connectivity index (χ3n) is 2.76. The SMILES string of the molecule is COc1cccc(-c2nc(C)c(CCO)c(=O)[nH]2)n1. The molecule has 100 valence electrons. The monoisotopic (exact) mass is 261 g/mol. The number of methoxy groups -OCH3 is 1.